The van der Waals surface area contributed by atoms with Gasteiger partial charge in [0.25, 0.3) is 5.91 Å². The van der Waals surface area contributed by atoms with E-state index in [1.54, 1.807) is 0 Å². The van der Waals surface area contributed by atoms with Gasteiger partial charge in [-0.1, -0.05) is 74.5 Å². The molecule has 2 N–H and O–H groups in total. The molecule has 3 aromatic carbocycles. The van der Waals surface area contributed by atoms with Crippen molar-refractivity contribution in [2.75, 3.05) is 31.6 Å². The second-order valence-corrected chi connectivity index (χ2v) is 8.22. The van der Waals surface area contributed by atoms with Crippen LogP contribution in [0.1, 0.15) is 41.8 Å². The summed E-state index contributed by atoms with van der Waals surface area (Å²) in [6.07, 6.45) is 1.14. The Morgan fingerprint density at radius 1 is 0.697 bits per heavy atom. The van der Waals surface area contributed by atoms with Crippen molar-refractivity contribution in [2.45, 2.75) is 33.4 Å². The number of rotatable bonds is 13. The fraction of sp³-hybridized carbons (Fsp3) is 0.321. The molecule has 0 aromatic heterocycles. The molecule has 174 valence electrons. The van der Waals surface area contributed by atoms with E-state index in [9.17, 15) is 4.79 Å². The molecule has 5 heteroatoms. The molecule has 1 amide bonds. The quantitative estimate of drug-likeness (QED) is 0.357. The van der Waals surface area contributed by atoms with E-state index in [1.165, 1.54) is 11.1 Å². The number of hydrogen-bond acceptors (Lipinski definition) is 4. The van der Waals surface area contributed by atoms with Crippen molar-refractivity contribution in [1.29, 1.82) is 0 Å². The van der Waals surface area contributed by atoms with E-state index in [0.717, 1.165) is 51.4 Å². The second-order valence-electron chi connectivity index (χ2n) is 8.22. The summed E-state index contributed by atoms with van der Waals surface area (Å²) in [5.41, 5.74) is 9.72. The summed E-state index contributed by atoms with van der Waals surface area (Å²) in [4.78, 5) is 17.4. The van der Waals surface area contributed by atoms with Gasteiger partial charge in [0, 0.05) is 25.2 Å². The lowest BCUT2D eigenvalue weighted by atomic mass is 10.1. The zero-order valence-electron chi connectivity index (χ0n) is 19.8. The fourth-order valence-corrected chi connectivity index (χ4v) is 3.86. The Labute approximate surface area is 198 Å². The van der Waals surface area contributed by atoms with Gasteiger partial charge in [-0.05, 0) is 61.4 Å². The van der Waals surface area contributed by atoms with Gasteiger partial charge in [-0.25, -0.2) is 0 Å². The van der Waals surface area contributed by atoms with Crippen LogP contribution in [-0.2, 0) is 13.1 Å². The molecule has 0 atom stereocenters. The van der Waals surface area contributed by atoms with Crippen molar-refractivity contribution in [1.82, 2.24) is 15.2 Å². The van der Waals surface area contributed by atoms with E-state index in [1.807, 2.05) is 42.5 Å². The first kappa shape index (κ1) is 24.5. The number of nitrogens with zero attached hydrogens (tertiary/aromatic N) is 2. The highest BCUT2D eigenvalue weighted by molar-refractivity contribution is 5.94. The normalized spacial score (nSPS) is 11.0. The maximum Gasteiger partial charge on any atom is 0.269 e. The van der Waals surface area contributed by atoms with E-state index in [0.29, 0.717) is 5.56 Å². The molecule has 0 aliphatic carbocycles. The minimum atomic E-state index is -0.147. The number of para-hydroxylation sites is 1. The lowest BCUT2D eigenvalue weighted by Crippen LogP contribution is -2.30. The van der Waals surface area contributed by atoms with Crippen LogP contribution in [0.15, 0.2) is 84.9 Å². The Morgan fingerprint density at radius 2 is 1.24 bits per heavy atom. The molecule has 3 rings (SSSR count). The molecule has 0 radical (unpaired) electrons. The number of anilines is 1. The highest BCUT2D eigenvalue weighted by Crippen LogP contribution is 2.13. The van der Waals surface area contributed by atoms with E-state index in [2.05, 4.69) is 77.0 Å². The molecule has 0 saturated carbocycles. The smallest absolute Gasteiger partial charge is 0.269 e. The lowest BCUT2D eigenvalue weighted by molar-refractivity contribution is 0.0962. The third kappa shape index (κ3) is 8.37. The molecule has 3 aromatic rings. The van der Waals surface area contributed by atoms with Crippen LogP contribution in [0.5, 0.6) is 0 Å². The lowest BCUT2D eigenvalue weighted by Gasteiger charge is -2.25. The molecule has 33 heavy (non-hydrogen) atoms. The minimum Gasteiger partial charge on any atom is -0.304 e. The summed E-state index contributed by atoms with van der Waals surface area (Å²) in [7, 11) is 0. The number of carbonyl (C=O) groups is 1. The molecule has 0 bridgehead atoms. The number of benzene rings is 3. The molecular formula is C28H36N4O. The molecule has 5 nitrogen and oxygen atoms in total. The molecule has 0 spiro atoms. The van der Waals surface area contributed by atoms with Crippen molar-refractivity contribution in [3.8, 4) is 0 Å². The Kier molecular flexibility index (Phi) is 9.95. The zero-order chi connectivity index (χ0) is 23.3. The molecule has 0 saturated heterocycles. The summed E-state index contributed by atoms with van der Waals surface area (Å²) in [6, 6.07) is 28.1. The Bertz CT molecular complexity index is 941. The first-order chi connectivity index (χ1) is 16.2. The third-order valence-electron chi connectivity index (χ3n) is 5.81. The maximum absolute atomic E-state index is 12.5. The van der Waals surface area contributed by atoms with Gasteiger partial charge in [-0.2, -0.15) is 0 Å². The van der Waals surface area contributed by atoms with Gasteiger partial charge >= 0.3 is 0 Å². The van der Waals surface area contributed by atoms with Crippen molar-refractivity contribution >= 4 is 11.6 Å². The average Bonchev–Trinajstić information content (AvgIpc) is 2.87. The summed E-state index contributed by atoms with van der Waals surface area (Å²) in [5.74, 6) is -0.147. The van der Waals surface area contributed by atoms with Gasteiger partial charge in [0.1, 0.15) is 0 Å². The van der Waals surface area contributed by atoms with Gasteiger partial charge in [0.15, 0.2) is 0 Å². The van der Waals surface area contributed by atoms with Gasteiger partial charge in [0.2, 0.25) is 0 Å². The Morgan fingerprint density at radius 3 is 1.85 bits per heavy atom. The first-order valence-electron chi connectivity index (χ1n) is 11.9. The van der Waals surface area contributed by atoms with Crippen LogP contribution in [-0.4, -0.2) is 41.9 Å². The molecule has 0 fully saturated rings. The first-order valence-corrected chi connectivity index (χ1v) is 11.9. The summed E-state index contributed by atoms with van der Waals surface area (Å²) in [6.45, 7) is 10.6. The van der Waals surface area contributed by atoms with Gasteiger partial charge < -0.3 is 4.90 Å². The van der Waals surface area contributed by atoms with Gasteiger partial charge in [0.05, 0.1) is 5.69 Å². The third-order valence-corrected chi connectivity index (χ3v) is 5.81. The van der Waals surface area contributed by atoms with Crippen LogP contribution < -0.4 is 10.9 Å². The van der Waals surface area contributed by atoms with E-state index >= 15 is 0 Å². The van der Waals surface area contributed by atoms with Crippen molar-refractivity contribution < 1.29 is 4.79 Å². The van der Waals surface area contributed by atoms with Gasteiger partial charge in [-0.15, -0.1) is 0 Å². The molecule has 0 aliphatic heterocycles. The van der Waals surface area contributed by atoms with Crippen molar-refractivity contribution in [3.05, 3.63) is 102 Å². The standard InChI is InChI=1S/C28H36N4O/c1-3-31(4-2)20-11-21-32(22-24-12-7-5-8-13-24)23-25-16-18-26(19-17-25)28(33)30-29-27-14-9-6-10-15-27/h5-10,12-19,29H,3-4,11,20-23H2,1-2H3,(H,30,33). The second kappa shape index (κ2) is 13.4. The van der Waals surface area contributed by atoms with Crippen molar-refractivity contribution in [2.24, 2.45) is 0 Å². The monoisotopic (exact) mass is 444 g/mol. The average molecular weight is 445 g/mol. The Hall–Kier alpha value is -3.15. The number of amides is 1. The van der Waals surface area contributed by atoms with Crippen LogP contribution in [0.25, 0.3) is 0 Å². The fourth-order valence-electron chi connectivity index (χ4n) is 3.86. The highest BCUT2D eigenvalue weighted by atomic mass is 16.2. The van der Waals surface area contributed by atoms with E-state index in [4.69, 9.17) is 0 Å². The number of hydrazine groups is 1. The van der Waals surface area contributed by atoms with Crippen LogP contribution in [0, 0.1) is 0 Å². The summed E-state index contributed by atoms with van der Waals surface area (Å²) < 4.78 is 0. The molecule has 0 aliphatic rings. The largest absolute Gasteiger partial charge is 0.304 e. The Balaban J connectivity index is 1.57. The predicted octanol–water partition coefficient (Wildman–Crippen LogP) is 5.18. The SMILES string of the molecule is CCN(CC)CCCN(Cc1ccccc1)Cc1ccc(C(=O)NNc2ccccc2)cc1. The van der Waals surface area contributed by atoms with E-state index in [-0.39, 0.29) is 5.91 Å². The number of hydrogen-bond donors (Lipinski definition) is 2. The highest BCUT2D eigenvalue weighted by Gasteiger charge is 2.10. The maximum atomic E-state index is 12.5. The van der Waals surface area contributed by atoms with Crippen LogP contribution in [0.3, 0.4) is 0 Å². The summed E-state index contributed by atoms with van der Waals surface area (Å²) in [5, 5.41) is 0. The van der Waals surface area contributed by atoms with Crippen LogP contribution >= 0.6 is 0 Å². The minimum absolute atomic E-state index is 0.147. The predicted molar refractivity (Wildman–Crippen MR) is 137 cm³/mol. The molecule has 0 unspecified atom stereocenters. The number of nitrogens with one attached hydrogen (secondary N) is 2. The molecular weight excluding hydrogens is 408 g/mol. The van der Waals surface area contributed by atoms with Crippen LogP contribution in [0.2, 0.25) is 0 Å². The topological polar surface area (TPSA) is 47.6 Å². The van der Waals surface area contributed by atoms with Crippen LogP contribution in [0.4, 0.5) is 5.69 Å². The van der Waals surface area contributed by atoms with Gasteiger partial charge in [-0.3, -0.25) is 20.5 Å². The van der Waals surface area contributed by atoms with E-state index < -0.39 is 0 Å². The number of carbonyl (C=O) groups excluding carboxylic acids is 1. The zero-order valence-corrected chi connectivity index (χ0v) is 19.8. The molecule has 0 heterocycles. The van der Waals surface area contributed by atoms with Crippen molar-refractivity contribution in [3.63, 3.8) is 0 Å². The summed E-state index contributed by atoms with van der Waals surface area (Å²) >= 11 is 0.